The minimum Gasteiger partial charge on any atom is -0.369 e. The van der Waals surface area contributed by atoms with Gasteiger partial charge in [-0.3, -0.25) is 0 Å². The van der Waals surface area contributed by atoms with E-state index in [0.717, 1.165) is 25.2 Å². The van der Waals surface area contributed by atoms with Gasteiger partial charge in [-0.1, -0.05) is 11.6 Å². The minimum absolute atomic E-state index is 0.0936. The van der Waals surface area contributed by atoms with Gasteiger partial charge in [0.2, 0.25) is 5.95 Å². The van der Waals surface area contributed by atoms with E-state index < -0.39 is 5.82 Å². The number of aromatic nitrogens is 2. The van der Waals surface area contributed by atoms with Crippen molar-refractivity contribution in [2.75, 3.05) is 25.4 Å². The van der Waals surface area contributed by atoms with E-state index in [0.29, 0.717) is 23.4 Å². The molecule has 5 rings (SSSR count). The number of hydrogen-bond donors (Lipinski definition) is 1. The van der Waals surface area contributed by atoms with Gasteiger partial charge in [0, 0.05) is 12.6 Å². The molecule has 3 aliphatic rings. The molecule has 4 nitrogen and oxygen atoms in total. The lowest BCUT2D eigenvalue weighted by atomic mass is 9.84. The summed E-state index contributed by atoms with van der Waals surface area (Å²) >= 11 is 5.82. The highest BCUT2D eigenvalue weighted by Gasteiger charge is 2.36. The van der Waals surface area contributed by atoms with Crippen molar-refractivity contribution in [2.24, 2.45) is 5.92 Å². The number of nitrogens with zero attached hydrogens (tertiary/aromatic N) is 3. The van der Waals surface area contributed by atoms with Crippen LogP contribution in [0.1, 0.15) is 18.9 Å². The quantitative estimate of drug-likeness (QED) is 0.879. The number of rotatable bonds is 1. The number of fused-ring (bicyclic) bond motifs is 4. The lowest BCUT2D eigenvalue weighted by Gasteiger charge is -2.45. The summed E-state index contributed by atoms with van der Waals surface area (Å²) in [6.45, 7) is 3.30. The van der Waals surface area contributed by atoms with Gasteiger partial charge in [0.05, 0.1) is 22.1 Å². The summed E-state index contributed by atoms with van der Waals surface area (Å²) in [6.07, 6.45) is 2.36. The van der Waals surface area contributed by atoms with Gasteiger partial charge in [0.15, 0.2) is 0 Å². The molecule has 4 heterocycles. The number of nitrogen functional groups attached to an aromatic ring is 1. The number of benzene rings is 1. The van der Waals surface area contributed by atoms with Crippen molar-refractivity contribution in [3.05, 3.63) is 23.0 Å². The average molecular weight is 295 g/mol. The molecular weight excluding hydrogens is 279 g/mol. The van der Waals surface area contributed by atoms with E-state index in [9.17, 15) is 4.39 Å². The van der Waals surface area contributed by atoms with Crippen LogP contribution in [0.4, 0.5) is 10.3 Å². The smallest absolute Gasteiger partial charge is 0.201 e. The molecule has 2 aromatic rings. The fraction of sp³-hybridized carbons (Fsp3) is 0.500. The second kappa shape index (κ2) is 4.33. The Morgan fingerprint density at radius 2 is 2.05 bits per heavy atom. The minimum atomic E-state index is -0.415. The Morgan fingerprint density at radius 1 is 1.30 bits per heavy atom. The lowest BCUT2D eigenvalue weighted by molar-refractivity contribution is 0.0598. The molecule has 0 saturated carbocycles. The third-order valence-corrected chi connectivity index (χ3v) is 5.00. The van der Waals surface area contributed by atoms with E-state index in [2.05, 4.69) is 9.88 Å². The van der Waals surface area contributed by atoms with E-state index in [-0.39, 0.29) is 5.02 Å². The van der Waals surface area contributed by atoms with Crippen molar-refractivity contribution in [1.29, 1.82) is 0 Å². The SMILES string of the molecule is Nc1nc2cc(Cl)c(F)cc2n1C1CN2CCC1CC2. The first-order valence-corrected chi connectivity index (χ1v) is 7.36. The monoisotopic (exact) mass is 294 g/mol. The van der Waals surface area contributed by atoms with Crippen molar-refractivity contribution in [3.8, 4) is 0 Å². The Bertz CT molecular complexity index is 675. The Kier molecular flexibility index (Phi) is 2.69. The van der Waals surface area contributed by atoms with Crippen LogP contribution in [-0.2, 0) is 0 Å². The third-order valence-electron chi connectivity index (χ3n) is 4.71. The summed E-state index contributed by atoms with van der Waals surface area (Å²) in [6, 6.07) is 3.31. The lowest BCUT2D eigenvalue weighted by Crippen LogP contribution is -2.48. The summed E-state index contributed by atoms with van der Waals surface area (Å²) in [7, 11) is 0. The van der Waals surface area contributed by atoms with Crippen molar-refractivity contribution in [2.45, 2.75) is 18.9 Å². The second-order valence-corrected chi connectivity index (χ2v) is 6.21. The Labute approximate surface area is 121 Å². The molecule has 20 heavy (non-hydrogen) atoms. The number of halogens is 2. The molecule has 1 atom stereocenters. The van der Waals surface area contributed by atoms with Crippen LogP contribution in [0.5, 0.6) is 0 Å². The van der Waals surface area contributed by atoms with E-state index in [1.807, 2.05) is 4.57 Å². The van der Waals surface area contributed by atoms with Crippen molar-refractivity contribution < 1.29 is 4.39 Å². The third kappa shape index (κ3) is 1.73. The van der Waals surface area contributed by atoms with Gasteiger partial charge in [0.25, 0.3) is 0 Å². The molecule has 106 valence electrons. The molecule has 1 aromatic carbocycles. The first-order valence-electron chi connectivity index (χ1n) is 6.98. The molecule has 6 heteroatoms. The molecular formula is C14H16ClFN4. The first kappa shape index (κ1) is 12.4. The van der Waals surface area contributed by atoms with Gasteiger partial charge in [-0.15, -0.1) is 0 Å². The fourth-order valence-electron chi connectivity index (χ4n) is 3.68. The number of hydrogen-bond acceptors (Lipinski definition) is 3. The van der Waals surface area contributed by atoms with Crippen LogP contribution in [0, 0.1) is 11.7 Å². The van der Waals surface area contributed by atoms with E-state index >= 15 is 0 Å². The summed E-state index contributed by atoms with van der Waals surface area (Å²) in [5.41, 5.74) is 7.51. The van der Waals surface area contributed by atoms with Crippen LogP contribution in [0.3, 0.4) is 0 Å². The number of anilines is 1. The van der Waals surface area contributed by atoms with Gasteiger partial charge < -0.3 is 15.2 Å². The molecule has 2 N–H and O–H groups in total. The zero-order chi connectivity index (χ0) is 13.9. The Hall–Kier alpha value is -1.33. The van der Waals surface area contributed by atoms with Gasteiger partial charge in [0.1, 0.15) is 5.82 Å². The van der Waals surface area contributed by atoms with Crippen LogP contribution >= 0.6 is 11.6 Å². The van der Waals surface area contributed by atoms with Crippen LogP contribution in [-0.4, -0.2) is 34.1 Å². The average Bonchev–Trinajstić information content (AvgIpc) is 2.76. The maximum Gasteiger partial charge on any atom is 0.201 e. The number of nitrogens with two attached hydrogens (primary N) is 1. The number of piperidine rings is 3. The maximum atomic E-state index is 13.8. The van der Waals surface area contributed by atoms with Crippen LogP contribution in [0.2, 0.25) is 5.02 Å². The van der Waals surface area contributed by atoms with Gasteiger partial charge >= 0.3 is 0 Å². The molecule has 3 fully saturated rings. The van der Waals surface area contributed by atoms with Crippen LogP contribution in [0.15, 0.2) is 12.1 Å². The van der Waals surface area contributed by atoms with Crippen molar-refractivity contribution in [3.63, 3.8) is 0 Å². The summed E-state index contributed by atoms with van der Waals surface area (Å²) in [4.78, 5) is 6.79. The highest BCUT2D eigenvalue weighted by Crippen LogP contribution is 2.39. The Morgan fingerprint density at radius 3 is 2.70 bits per heavy atom. The zero-order valence-electron chi connectivity index (χ0n) is 11.0. The zero-order valence-corrected chi connectivity index (χ0v) is 11.8. The van der Waals surface area contributed by atoms with E-state index in [4.69, 9.17) is 17.3 Å². The molecule has 0 spiro atoms. The van der Waals surface area contributed by atoms with E-state index in [1.165, 1.54) is 18.9 Å². The largest absolute Gasteiger partial charge is 0.369 e. The van der Waals surface area contributed by atoms with Gasteiger partial charge in [-0.05, 0) is 37.9 Å². The highest BCUT2D eigenvalue weighted by molar-refractivity contribution is 6.31. The number of imidazole rings is 1. The van der Waals surface area contributed by atoms with Crippen LogP contribution in [0.25, 0.3) is 11.0 Å². The van der Waals surface area contributed by atoms with Crippen molar-refractivity contribution >= 4 is 28.6 Å². The molecule has 2 bridgehead atoms. The maximum absolute atomic E-state index is 13.8. The van der Waals surface area contributed by atoms with Crippen LogP contribution < -0.4 is 5.73 Å². The second-order valence-electron chi connectivity index (χ2n) is 5.80. The predicted molar refractivity (Wildman–Crippen MR) is 77.3 cm³/mol. The summed E-state index contributed by atoms with van der Waals surface area (Å²) < 4.78 is 15.8. The predicted octanol–water partition coefficient (Wildman–Crippen LogP) is 2.68. The molecule has 3 aliphatic heterocycles. The highest BCUT2D eigenvalue weighted by atomic mass is 35.5. The first-order chi connectivity index (χ1) is 9.63. The normalized spacial score (nSPS) is 29.2. The topological polar surface area (TPSA) is 47.1 Å². The molecule has 0 aliphatic carbocycles. The summed E-state index contributed by atoms with van der Waals surface area (Å²) in [5, 5.41) is 0.0936. The van der Waals surface area contributed by atoms with E-state index in [1.54, 1.807) is 6.07 Å². The molecule has 1 unspecified atom stereocenters. The van der Waals surface area contributed by atoms with Gasteiger partial charge in [-0.2, -0.15) is 0 Å². The fourth-order valence-corrected chi connectivity index (χ4v) is 3.84. The molecule has 3 saturated heterocycles. The standard InChI is InChI=1S/C14H16ClFN4/c15-9-5-11-12(6-10(9)16)20(14(17)18-11)13-7-19-3-1-8(13)2-4-19/h5-6,8,13H,1-4,7H2,(H2,17,18). The molecule has 0 radical (unpaired) electrons. The van der Waals surface area contributed by atoms with Crippen molar-refractivity contribution in [1.82, 2.24) is 14.5 Å². The summed E-state index contributed by atoms with van der Waals surface area (Å²) in [5.74, 6) is 0.653. The molecule has 1 aromatic heterocycles. The van der Waals surface area contributed by atoms with Gasteiger partial charge in [-0.25, -0.2) is 9.37 Å². The Balaban J connectivity index is 1.87. The molecule has 0 amide bonds.